The molecule has 180 valence electrons. The maximum atomic E-state index is 14.2. The number of carbonyl (C=O) groups is 1. The minimum atomic E-state index is -3.86. The van der Waals surface area contributed by atoms with Gasteiger partial charge in [-0.05, 0) is 30.1 Å². The van der Waals surface area contributed by atoms with Gasteiger partial charge in [0.1, 0.15) is 5.82 Å². The van der Waals surface area contributed by atoms with Crippen molar-refractivity contribution < 1.29 is 38.4 Å². The van der Waals surface area contributed by atoms with Crippen LogP contribution in [0.25, 0.3) is 17.3 Å². The quantitative estimate of drug-likeness (QED) is 0.466. The number of aliphatic hydroxyl groups is 2. The first kappa shape index (κ1) is 20.7. The van der Waals surface area contributed by atoms with Crippen LogP contribution in [0.4, 0.5) is 10.3 Å². The van der Waals surface area contributed by atoms with Crippen LogP contribution in [0.3, 0.4) is 0 Å². The van der Waals surface area contributed by atoms with Gasteiger partial charge >= 0.3 is 5.97 Å². The Morgan fingerprint density at radius 1 is 1.24 bits per heavy atom. The Balaban J connectivity index is 2.87. The fourth-order valence-corrected chi connectivity index (χ4v) is 3.20. The van der Waals surface area contributed by atoms with E-state index in [-0.39, 0.29) is 29.3 Å². The van der Waals surface area contributed by atoms with Crippen molar-refractivity contribution in [1.82, 2.24) is 9.97 Å². The van der Waals surface area contributed by atoms with Crippen molar-refractivity contribution in [2.75, 3.05) is 17.6 Å². The summed E-state index contributed by atoms with van der Waals surface area (Å²) in [5, 5.41) is 28.9. The number of hydrogen-bond acceptors (Lipinski definition) is 7. The molecule has 3 N–H and O–H groups in total. The molecule has 0 aliphatic rings. The zero-order valence-electron chi connectivity index (χ0n) is 22.5. The number of aliphatic hydroxyl groups excluding tert-OH is 2. The van der Waals surface area contributed by atoms with E-state index in [9.17, 15) is 27.8 Å². The van der Waals surface area contributed by atoms with Gasteiger partial charge in [-0.25, -0.2) is 27.1 Å². The molecule has 0 amide bonds. The number of nitrogens with zero attached hydrogens (tertiary/aromatic N) is 3. The van der Waals surface area contributed by atoms with Gasteiger partial charge in [-0.2, -0.15) is 0 Å². The predicted octanol–water partition coefficient (Wildman–Crippen LogP) is 2.40. The van der Waals surface area contributed by atoms with Crippen molar-refractivity contribution in [3.8, 4) is 11.3 Å². The maximum absolute atomic E-state index is 14.2. The summed E-state index contributed by atoms with van der Waals surface area (Å²) in [5.74, 6) is -3.37. The molecule has 0 aliphatic heterocycles. The molecule has 2 rings (SSSR count). The highest BCUT2D eigenvalue weighted by Crippen LogP contribution is 2.31. The maximum Gasteiger partial charge on any atom is 0.305 e. The van der Waals surface area contributed by atoms with Crippen molar-refractivity contribution in [3.63, 3.8) is 0 Å². The Morgan fingerprint density at radius 2 is 1.85 bits per heavy atom. The van der Waals surface area contributed by atoms with E-state index in [1.807, 2.05) is 0 Å². The summed E-state index contributed by atoms with van der Waals surface area (Å²) in [5.41, 5.74) is -0.342. The molecule has 1 aromatic heterocycles. The normalized spacial score (nSPS) is 15.6. The molecule has 1 heterocycles. The summed E-state index contributed by atoms with van der Waals surface area (Å²) in [7, 11) is -2.67. The van der Waals surface area contributed by atoms with E-state index in [1.54, 1.807) is 13.8 Å². The molecule has 2 aromatic rings. The molecular formula is C22H28FN3O6S. The summed E-state index contributed by atoms with van der Waals surface area (Å²) < 4.78 is 71.6. The highest BCUT2D eigenvalue weighted by molar-refractivity contribution is 7.92. The average Bonchev–Trinajstić information content (AvgIpc) is 2.78. The van der Waals surface area contributed by atoms with Crippen molar-refractivity contribution in [2.45, 2.75) is 44.8 Å². The van der Waals surface area contributed by atoms with Crippen LogP contribution in [0.2, 0.25) is 0 Å². The number of rotatable bonds is 10. The zero-order valence-corrected chi connectivity index (χ0v) is 19.3. The van der Waals surface area contributed by atoms with Crippen molar-refractivity contribution in [2.24, 2.45) is 0 Å². The van der Waals surface area contributed by atoms with Crippen LogP contribution in [0.5, 0.6) is 0 Å². The molecule has 2 atom stereocenters. The minimum absolute atomic E-state index is 0.0971. The van der Waals surface area contributed by atoms with E-state index < -0.39 is 76.1 Å². The molecule has 0 saturated carbocycles. The molecular weight excluding hydrogens is 453 g/mol. The fourth-order valence-electron chi connectivity index (χ4n) is 2.82. The number of sulfonamides is 1. The Bertz CT molecular complexity index is 1310. The highest BCUT2D eigenvalue weighted by atomic mass is 32.2. The first-order valence-corrected chi connectivity index (χ1v) is 11.7. The van der Waals surface area contributed by atoms with Gasteiger partial charge in [0.25, 0.3) is 0 Å². The van der Waals surface area contributed by atoms with Gasteiger partial charge in [0.15, 0.2) is 0 Å². The monoisotopic (exact) mass is 485 g/mol. The highest BCUT2D eigenvalue weighted by Gasteiger charge is 2.22. The lowest BCUT2D eigenvalue weighted by atomic mass is 9.97. The Labute approximate surface area is 197 Å². The van der Waals surface area contributed by atoms with Crippen LogP contribution in [0, 0.1) is 5.82 Å². The zero-order chi connectivity index (χ0) is 28.4. The number of carboxylic acids is 1. The average molecular weight is 486 g/mol. The predicted molar refractivity (Wildman–Crippen MR) is 123 cm³/mol. The number of hydrogen-bond donors (Lipinski definition) is 3. The molecule has 0 radical (unpaired) electrons. The van der Waals surface area contributed by atoms with Gasteiger partial charge in [0, 0.05) is 24.6 Å². The summed E-state index contributed by atoms with van der Waals surface area (Å²) in [4.78, 5) is 19.3. The minimum Gasteiger partial charge on any atom is -0.481 e. The van der Waals surface area contributed by atoms with E-state index >= 15 is 0 Å². The summed E-state index contributed by atoms with van der Waals surface area (Å²) in [6, 6.07) is -3.42. The third-order valence-corrected chi connectivity index (χ3v) is 5.69. The Hall–Kier alpha value is -2.89. The molecule has 33 heavy (non-hydrogen) atoms. The van der Waals surface area contributed by atoms with Crippen molar-refractivity contribution >= 4 is 28.0 Å². The molecule has 0 spiro atoms. The topological polar surface area (TPSA) is 141 Å². The number of benzene rings is 1. The summed E-state index contributed by atoms with van der Waals surface area (Å²) in [6.45, 7) is 3.42. The fraction of sp³-hybridized carbons (Fsp3) is 0.409. The largest absolute Gasteiger partial charge is 0.481 e. The van der Waals surface area contributed by atoms with Crippen LogP contribution in [-0.4, -0.2) is 65.2 Å². The van der Waals surface area contributed by atoms with Gasteiger partial charge < -0.3 is 15.3 Å². The van der Waals surface area contributed by atoms with Crippen LogP contribution in [-0.2, 0) is 14.8 Å². The second-order valence-corrected chi connectivity index (χ2v) is 9.67. The van der Waals surface area contributed by atoms with E-state index in [2.05, 4.69) is 9.97 Å². The number of anilines is 1. The second-order valence-electron chi connectivity index (χ2n) is 7.66. The molecule has 0 saturated heterocycles. The van der Waals surface area contributed by atoms with Gasteiger partial charge in [-0.1, -0.05) is 26.0 Å². The summed E-state index contributed by atoms with van der Waals surface area (Å²) >= 11 is 0. The Kier molecular flexibility index (Phi) is 6.79. The van der Waals surface area contributed by atoms with Crippen LogP contribution >= 0.6 is 0 Å². The summed E-state index contributed by atoms with van der Waals surface area (Å²) in [6.07, 6.45) is -0.216. The van der Waals surface area contributed by atoms with Crippen LogP contribution in [0.15, 0.2) is 30.2 Å². The SMILES string of the molecule is [2H]c1c([2H])c(-c2nc(N(C)S(C)(=O)=O)nc(C(C)C)c2/C=C/[C@@H](O)C[C@@H](O)CC(=O)O)c([2H])c([2H])c1F. The van der Waals surface area contributed by atoms with Gasteiger partial charge in [-0.3, -0.25) is 4.79 Å². The Morgan fingerprint density at radius 3 is 2.36 bits per heavy atom. The standard InChI is InChI=1S/C22H28FN3O6S/c1-13(2)20-18(10-9-16(27)11-17(28)12-19(29)30)21(14-5-7-15(23)8-6-14)25-22(24-20)26(3)33(4,31)32/h5-10,13,16-17,27-28H,11-12H2,1-4H3,(H,29,30)/b10-9+/t16-,17-/m1/s1/i5D,6D,7D,8D. The van der Waals surface area contributed by atoms with Crippen LogP contribution < -0.4 is 4.31 Å². The molecule has 0 bridgehead atoms. The second kappa shape index (κ2) is 10.8. The lowest BCUT2D eigenvalue weighted by Gasteiger charge is -2.20. The first-order valence-electron chi connectivity index (χ1n) is 11.8. The molecule has 1 aromatic carbocycles. The third-order valence-electron chi connectivity index (χ3n) is 4.53. The smallest absolute Gasteiger partial charge is 0.305 e. The number of carboxylic acid groups (broad SMARTS) is 1. The molecule has 9 nitrogen and oxygen atoms in total. The number of aromatic nitrogens is 2. The first-order chi connectivity index (χ1) is 17.0. The van der Waals surface area contributed by atoms with Gasteiger partial charge in [-0.15, -0.1) is 0 Å². The van der Waals surface area contributed by atoms with Gasteiger partial charge in [0.2, 0.25) is 16.0 Å². The molecule has 0 fully saturated rings. The number of aliphatic carboxylic acids is 1. The van der Waals surface area contributed by atoms with E-state index in [0.29, 0.717) is 0 Å². The molecule has 11 heteroatoms. The third kappa shape index (κ3) is 7.31. The van der Waals surface area contributed by atoms with E-state index in [1.165, 1.54) is 19.2 Å². The lowest BCUT2D eigenvalue weighted by Crippen LogP contribution is -2.27. The number of halogens is 1. The van der Waals surface area contributed by atoms with Crippen LogP contribution in [0.1, 0.15) is 49.3 Å². The molecule has 0 aliphatic carbocycles. The van der Waals surface area contributed by atoms with Crippen molar-refractivity contribution in [1.29, 1.82) is 0 Å². The lowest BCUT2D eigenvalue weighted by molar-refractivity contribution is -0.139. The van der Waals surface area contributed by atoms with E-state index in [4.69, 9.17) is 10.6 Å². The van der Waals surface area contributed by atoms with Gasteiger partial charge in [0.05, 0.1) is 41.8 Å². The van der Waals surface area contributed by atoms with E-state index in [0.717, 1.165) is 10.6 Å². The van der Waals surface area contributed by atoms with Crippen molar-refractivity contribution in [3.05, 3.63) is 47.3 Å². The molecule has 0 unspecified atom stereocenters.